The van der Waals surface area contributed by atoms with Crippen molar-refractivity contribution in [3.63, 3.8) is 0 Å². The van der Waals surface area contributed by atoms with Gasteiger partial charge in [-0.3, -0.25) is 0 Å². The highest BCUT2D eigenvalue weighted by atomic mass is 79.9. The van der Waals surface area contributed by atoms with Crippen molar-refractivity contribution >= 4 is 25.8 Å². The summed E-state index contributed by atoms with van der Waals surface area (Å²) < 4.78 is 39.7. The van der Waals surface area contributed by atoms with Gasteiger partial charge in [0.25, 0.3) is 0 Å². The Morgan fingerprint density at radius 3 is 2.22 bits per heavy atom. The van der Waals surface area contributed by atoms with Gasteiger partial charge >= 0.3 is 1.43 Å². The van der Waals surface area contributed by atoms with E-state index in [9.17, 15) is 12.8 Å². The third kappa shape index (κ3) is 2.87. The van der Waals surface area contributed by atoms with Gasteiger partial charge in [0.1, 0.15) is 0 Å². The molecule has 3 nitrogen and oxygen atoms in total. The lowest BCUT2D eigenvalue weighted by Crippen LogP contribution is -3.00. The van der Waals surface area contributed by atoms with Crippen LogP contribution < -0.4 is 17.7 Å². The molecule has 0 bridgehead atoms. The van der Waals surface area contributed by atoms with Crippen LogP contribution in [0.3, 0.4) is 0 Å². The third-order valence-electron chi connectivity index (χ3n) is 2.96. The molecule has 0 radical (unpaired) electrons. The molecule has 1 aliphatic heterocycles. The van der Waals surface area contributed by atoms with E-state index in [4.69, 9.17) is 0 Å². The molecule has 1 N–H and O–H groups in total. The summed E-state index contributed by atoms with van der Waals surface area (Å²) >= 11 is 3.22. The van der Waals surface area contributed by atoms with Crippen molar-refractivity contribution in [2.24, 2.45) is 0 Å². The predicted octanol–water partition coefficient (Wildman–Crippen LogP) is -0.611. The molecular weight excluding hydrogens is 345 g/mol. The second-order valence-corrected chi connectivity index (χ2v) is 7.22. The summed E-state index contributed by atoms with van der Waals surface area (Å²) in [6, 6.07) is 6.08. The molecule has 7 heteroatoms. The minimum absolute atomic E-state index is 0. The Labute approximate surface area is 122 Å². The fourth-order valence-electron chi connectivity index (χ4n) is 1.89. The van der Waals surface area contributed by atoms with E-state index in [1.807, 2.05) is 0 Å². The normalized spacial score (nSPS) is 19.0. The maximum atomic E-state index is 14.5. The highest BCUT2D eigenvalue weighted by Crippen LogP contribution is 2.35. The number of piperidine rings is 1. The Morgan fingerprint density at radius 2 is 1.72 bits per heavy atom. The van der Waals surface area contributed by atoms with E-state index >= 15 is 0 Å². The molecule has 0 spiro atoms. The van der Waals surface area contributed by atoms with Crippen molar-refractivity contribution in [3.8, 4) is 0 Å². The summed E-state index contributed by atoms with van der Waals surface area (Å²) in [6.45, 7) is 0.790. The number of nitrogens with one attached hydrogen (secondary N) is 1. The minimum atomic E-state index is -3.91. The van der Waals surface area contributed by atoms with E-state index in [0.717, 1.165) is 4.47 Å². The van der Waals surface area contributed by atoms with Crippen molar-refractivity contribution in [2.45, 2.75) is 22.7 Å². The first kappa shape index (κ1) is 15.9. The van der Waals surface area contributed by atoms with Gasteiger partial charge in [-0.05, 0) is 37.4 Å². The standard InChI is InChI=1S/C11H13BrFNO2S.ClH/c12-9-1-3-10(4-2-9)17(15,16)11(13)5-7-14-8-6-11;/h1-4,14H,5-8H2;1H. The summed E-state index contributed by atoms with van der Waals surface area (Å²) in [5, 5.41) is 0.828. The van der Waals surface area contributed by atoms with E-state index in [1.54, 1.807) is 12.1 Å². The zero-order chi connectivity index (χ0) is 12.5. The lowest BCUT2D eigenvalue weighted by Gasteiger charge is -2.29. The Bertz CT molecular complexity index is 506. The first-order valence-corrected chi connectivity index (χ1v) is 7.63. The fourth-order valence-corrected chi connectivity index (χ4v) is 3.82. The molecule has 2 rings (SSSR count). The quantitative estimate of drug-likeness (QED) is 0.767. The maximum Gasteiger partial charge on any atom is 1.00 e. The number of benzene rings is 1. The number of rotatable bonds is 2. The summed E-state index contributed by atoms with van der Waals surface area (Å²) in [5.41, 5.74) is 0. The Balaban J connectivity index is 0.00000162. The largest absolute Gasteiger partial charge is 1.00 e. The van der Waals surface area contributed by atoms with Gasteiger partial charge in [-0.2, -0.15) is 0 Å². The van der Waals surface area contributed by atoms with Gasteiger partial charge in [0.2, 0.25) is 14.8 Å². The first-order chi connectivity index (χ1) is 7.96. The Hall–Kier alpha value is -0.170. The van der Waals surface area contributed by atoms with Crippen LogP contribution >= 0.6 is 15.9 Å². The van der Waals surface area contributed by atoms with Crippen molar-refractivity contribution in [1.29, 1.82) is 0 Å². The SMILES string of the molecule is O=S(=O)(c1ccc(Br)cc1)C1(F)CCNCC1.[Cl-].[H+]. The molecule has 1 heterocycles. The van der Waals surface area contributed by atoms with Crippen LogP contribution in [0.15, 0.2) is 33.6 Å². The zero-order valence-corrected chi connectivity index (χ0v) is 12.7. The molecule has 1 aromatic carbocycles. The topological polar surface area (TPSA) is 46.2 Å². The highest BCUT2D eigenvalue weighted by Gasteiger charge is 2.45. The molecule has 0 atom stereocenters. The molecule has 0 unspecified atom stereocenters. The number of halogens is 3. The molecule has 18 heavy (non-hydrogen) atoms. The van der Waals surface area contributed by atoms with Crippen molar-refractivity contribution in [3.05, 3.63) is 28.7 Å². The van der Waals surface area contributed by atoms with Gasteiger partial charge in [0.05, 0.1) is 4.90 Å². The van der Waals surface area contributed by atoms with Crippen LogP contribution in [0.1, 0.15) is 14.3 Å². The van der Waals surface area contributed by atoms with Gasteiger partial charge in [-0.1, -0.05) is 15.9 Å². The molecule has 1 fully saturated rings. The molecule has 0 aromatic heterocycles. The fraction of sp³-hybridized carbons (Fsp3) is 0.455. The number of alkyl halides is 1. The van der Waals surface area contributed by atoms with Gasteiger partial charge in [0.15, 0.2) is 0 Å². The molecular formula is C11H14BrClFNO2S. The van der Waals surface area contributed by atoms with Crippen LogP contribution in [-0.4, -0.2) is 26.5 Å². The van der Waals surface area contributed by atoms with Crippen molar-refractivity contribution < 1.29 is 26.6 Å². The van der Waals surface area contributed by atoms with E-state index in [2.05, 4.69) is 21.2 Å². The average Bonchev–Trinajstić information content (AvgIpc) is 2.30. The molecule has 0 amide bonds. The molecule has 0 saturated carbocycles. The second-order valence-electron chi connectivity index (χ2n) is 4.09. The van der Waals surface area contributed by atoms with Crippen LogP contribution in [0.2, 0.25) is 0 Å². The van der Waals surface area contributed by atoms with Gasteiger partial charge in [-0.25, -0.2) is 12.8 Å². The van der Waals surface area contributed by atoms with E-state index < -0.39 is 14.8 Å². The summed E-state index contributed by atoms with van der Waals surface area (Å²) in [6.07, 6.45) is 0.0107. The lowest BCUT2D eigenvalue weighted by molar-refractivity contribution is -0.00000655. The molecule has 1 saturated heterocycles. The van der Waals surface area contributed by atoms with E-state index in [1.165, 1.54) is 12.1 Å². The Morgan fingerprint density at radius 1 is 1.22 bits per heavy atom. The lowest BCUT2D eigenvalue weighted by atomic mass is 10.1. The van der Waals surface area contributed by atoms with Gasteiger partial charge in [0, 0.05) is 17.3 Å². The summed E-state index contributed by atoms with van der Waals surface area (Å²) in [4.78, 5) is 0.0464. The monoisotopic (exact) mass is 357 g/mol. The van der Waals surface area contributed by atoms with Gasteiger partial charge in [-0.15, -0.1) is 0 Å². The van der Waals surface area contributed by atoms with E-state index in [0.29, 0.717) is 13.1 Å². The van der Waals surface area contributed by atoms with Crippen molar-refractivity contribution in [2.75, 3.05) is 13.1 Å². The summed E-state index contributed by atoms with van der Waals surface area (Å²) in [7, 11) is -3.91. The van der Waals surface area contributed by atoms with Gasteiger partial charge < -0.3 is 17.7 Å². The first-order valence-electron chi connectivity index (χ1n) is 5.36. The number of hydrogen-bond acceptors (Lipinski definition) is 3. The van der Waals surface area contributed by atoms with E-state index in [-0.39, 0.29) is 31.6 Å². The average molecular weight is 359 g/mol. The van der Waals surface area contributed by atoms with Crippen LogP contribution in [0.5, 0.6) is 0 Å². The number of sulfone groups is 1. The molecule has 1 aromatic rings. The second kappa shape index (κ2) is 5.86. The van der Waals surface area contributed by atoms with Crippen LogP contribution in [0, 0.1) is 0 Å². The van der Waals surface area contributed by atoms with Crippen LogP contribution in [0.25, 0.3) is 0 Å². The summed E-state index contributed by atoms with van der Waals surface area (Å²) in [5.74, 6) is 0. The Kier molecular flexibility index (Phi) is 5.17. The van der Waals surface area contributed by atoms with Crippen molar-refractivity contribution in [1.82, 2.24) is 5.32 Å². The molecule has 102 valence electrons. The zero-order valence-electron chi connectivity index (χ0n) is 10.5. The predicted molar refractivity (Wildman–Crippen MR) is 68.4 cm³/mol. The minimum Gasteiger partial charge on any atom is -1.00 e. The maximum absolute atomic E-state index is 14.5. The molecule has 0 aliphatic carbocycles. The van der Waals surface area contributed by atoms with Crippen LogP contribution in [-0.2, 0) is 9.84 Å². The highest BCUT2D eigenvalue weighted by molar-refractivity contribution is 9.10. The van der Waals surface area contributed by atoms with Crippen LogP contribution in [0.4, 0.5) is 4.39 Å². The third-order valence-corrected chi connectivity index (χ3v) is 5.75. The smallest absolute Gasteiger partial charge is 1.00 e. The molecule has 1 aliphatic rings. The number of hydrogen-bond donors (Lipinski definition) is 1.